The van der Waals surface area contributed by atoms with E-state index in [1.807, 2.05) is 30.3 Å². The lowest BCUT2D eigenvalue weighted by molar-refractivity contribution is 0.102. The first-order chi connectivity index (χ1) is 14.8. The molecule has 5 rings (SSSR count). The number of carbonyl (C=O) groups is 1. The van der Waals surface area contributed by atoms with E-state index in [1.54, 1.807) is 29.1 Å². The highest BCUT2D eigenvalue weighted by molar-refractivity contribution is 8.00. The zero-order valence-electron chi connectivity index (χ0n) is 16.0. The van der Waals surface area contributed by atoms with E-state index in [9.17, 15) is 4.79 Å². The van der Waals surface area contributed by atoms with Crippen molar-refractivity contribution in [1.29, 1.82) is 0 Å². The Morgan fingerprint density at radius 2 is 1.87 bits per heavy atom. The van der Waals surface area contributed by atoms with Crippen LogP contribution in [0, 0.1) is 0 Å². The number of ketones is 1. The number of carbonyl (C=O) groups excluding carboxylic acids is 1. The number of hydrogen-bond acceptors (Lipinski definition) is 7. The Bertz CT molecular complexity index is 1210. The molecule has 0 radical (unpaired) electrons. The lowest BCUT2D eigenvalue weighted by atomic mass is 10.1. The highest BCUT2D eigenvalue weighted by atomic mass is 32.2. The number of nitrogens with zero attached hydrogens (tertiary/aromatic N) is 4. The number of benzene rings is 2. The van der Waals surface area contributed by atoms with E-state index in [0.717, 1.165) is 22.5 Å². The Balaban J connectivity index is 1.36. The Hall–Kier alpha value is -3.39. The molecule has 0 bridgehead atoms. The third-order valence-corrected chi connectivity index (χ3v) is 5.74. The van der Waals surface area contributed by atoms with Crippen LogP contribution in [0.25, 0.3) is 16.7 Å². The van der Waals surface area contributed by atoms with Gasteiger partial charge >= 0.3 is 0 Å². The average molecular weight is 418 g/mol. The molecule has 3 heterocycles. The summed E-state index contributed by atoms with van der Waals surface area (Å²) in [5, 5.41) is 6.00. The molecule has 30 heavy (non-hydrogen) atoms. The molecule has 0 amide bonds. The summed E-state index contributed by atoms with van der Waals surface area (Å²) >= 11 is 1.38. The van der Waals surface area contributed by atoms with Crippen LogP contribution >= 0.6 is 11.8 Å². The number of aromatic nitrogens is 4. The summed E-state index contributed by atoms with van der Waals surface area (Å²) in [5.74, 6) is 1.56. The van der Waals surface area contributed by atoms with Gasteiger partial charge < -0.3 is 9.47 Å². The summed E-state index contributed by atoms with van der Waals surface area (Å²) < 4.78 is 13.1. The van der Waals surface area contributed by atoms with E-state index < -0.39 is 0 Å². The van der Waals surface area contributed by atoms with Crippen LogP contribution < -0.4 is 9.47 Å². The summed E-state index contributed by atoms with van der Waals surface area (Å²) in [4.78, 5) is 21.5. The Kier molecular flexibility index (Phi) is 5.06. The Morgan fingerprint density at radius 1 is 1.03 bits per heavy atom. The van der Waals surface area contributed by atoms with Gasteiger partial charge in [-0.2, -0.15) is 5.10 Å². The SMILES string of the molecule is O=C(CSc1ncnc2c1cnn2-c1ccccc1)c1ccc2c(c1)OCCCO2. The van der Waals surface area contributed by atoms with E-state index in [2.05, 4.69) is 15.1 Å². The zero-order chi connectivity index (χ0) is 20.3. The van der Waals surface area contributed by atoms with Gasteiger partial charge in [-0.05, 0) is 30.3 Å². The largest absolute Gasteiger partial charge is 0.490 e. The predicted molar refractivity (Wildman–Crippen MR) is 114 cm³/mol. The number of Topliss-reactive ketones (excluding diaryl/α,β-unsaturated/α-hetero) is 1. The van der Waals surface area contributed by atoms with E-state index in [4.69, 9.17) is 9.47 Å². The van der Waals surface area contributed by atoms with Crippen LogP contribution in [0.15, 0.2) is 66.1 Å². The highest BCUT2D eigenvalue weighted by Crippen LogP contribution is 2.32. The van der Waals surface area contributed by atoms with Gasteiger partial charge in [-0.1, -0.05) is 30.0 Å². The first-order valence-corrected chi connectivity index (χ1v) is 10.6. The van der Waals surface area contributed by atoms with Crippen molar-refractivity contribution in [1.82, 2.24) is 19.7 Å². The number of para-hydroxylation sites is 1. The number of hydrogen-bond donors (Lipinski definition) is 0. The molecule has 7 nitrogen and oxygen atoms in total. The van der Waals surface area contributed by atoms with Crippen LogP contribution in [0.3, 0.4) is 0 Å². The van der Waals surface area contributed by atoms with Crippen molar-refractivity contribution in [2.24, 2.45) is 0 Å². The predicted octanol–water partition coefficient (Wildman–Crippen LogP) is 3.95. The standard InChI is InChI=1S/C22H18N4O3S/c27-18(15-7-8-19-20(11-15)29-10-4-9-28-19)13-30-22-17-12-25-26(21(17)23-14-24-22)16-5-2-1-3-6-16/h1-3,5-8,11-12,14H,4,9-10,13H2. The monoisotopic (exact) mass is 418 g/mol. The second kappa shape index (κ2) is 8.16. The number of thioether (sulfide) groups is 1. The maximum Gasteiger partial charge on any atom is 0.173 e. The topological polar surface area (TPSA) is 79.1 Å². The Morgan fingerprint density at radius 3 is 2.73 bits per heavy atom. The third kappa shape index (κ3) is 3.61. The molecule has 0 saturated carbocycles. The molecule has 0 aliphatic carbocycles. The molecule has 0 unspecified atom stereocenters. The molecule has 1 aliphatic rings. The van der Waals surface area contributed by atoms with Gasteiger partial charge in [0.1, 0.15) is 11.4 Å². The van der Waals surface area contributed by atoms with Crippen molar-refractivity contribution in [3.8, 4) is 17.2 Å². The lowest BCUT2D eigenvalue weighted by Crippen LogP contribution is -2.04. The van der Waals surface area contributed by atoms with Gasteiger partial charge in [0.2, 0.25) is 0 Å². The molecular weight excluding hydrogens is 400 g/mol. The number of rotatable bonds is 5. The normalized spacial score (nSPS) is 13.2. The van der Waals surface area contributed by atoms with Crippen molar-refractivity contribution < 1.29 is 14.3 Å². The van der Waals surface area contributed by atoms with Crippen LogP contribution in [0.1, 0.15) is 16.8 Å². The molecule has 4 aromatic rings. The third-order valence-electron chi connectivity index (χ3n) is 4.74. The zero-order valence-corrected chi connectivity index (χ0v) is 16.8. The molecule has 2 aromatic heterocycles. The van der Waals surface area contributed by atoms with Gasteiger partial charge in [0.05, 0.1) is 36.2 Å². The van der Waals surface area contributed by atoms with E-state index >= 15 is 0 Å². The second-order valence-corrected chi connectivity index (χ2v) is 7.70. The lowest BCUT2D eigenvalue weighted by Gasteiger charge is -2.09. The summed E-state index contributed by atoms with van der Waals surface area (Å²) in [5.41, 5.74) is 2.23. The minimum atomic E-state index is -0.00198. The molecular formula is C22H18N4O3S. The van der Waals surface area contributed by atoms with Crippen molar-refractivity contribution in [3.63, 3.8) is 0 Å². The van der Waals surface area contributed by atoms with Gasteiger partial charge in [0.25, 0.3) is 0 Å². The molecule has 0 fully saturated rings. The fourth-order valence-electron chi connectivity index (χ4n) is 3.25. The molecule has 0 N–H and O–H groups in total. The number of ether oxygens (including phenoxy) is 2. The molecule has 0 atom stereocenters. The van der Waals surface area contributed by atoms with Gasteiger partial charge in [-0.15, -0.1) is 0 Å². The maximum atomic E-state index is 12.8. The van der Waals surface area contributed by atoms with Crippen molar-refractivity contribution in [2.45, 2.75) is 11.4 Å². The molecule has 2 aromatic carbocycles. The smallest absolute Gasteiger partial charge is 0.173 e. The molecule has 150 valence electrons. The quantitative estimate of drug-likeness (QED) is 0.276. The molecule has 0 spiro atoms. The van der Waals surface area contributed by atoms with Crippen molar-refractivity contribution in [3.05, 3.63) is 66.6 Å². The summed E-state index contributed by atoms with van der Waals surface area (Å²) in [7, 11) is 0. The van der Waals surface area contributed by atoms with Gasteiger partial charge in [0.15, 0.2) is 22.9 Å². The van der Waals surface area contributed by atoms with Crippen LogP contribution in [-0.4, -0.2) is 44.5 Å². The second-order valence-electron chi connectivity index (χ2n) is 6.73. The summed E-state index contributed by atoms with van der Waals surface area (Å²) in [6.45, 7) is 1.21. The van der Waals surface area contributed by atoms with Gasteiger partial charge in [-0.3, -0.25) is 4.79 Å². The minimum Gasteiger partial charge on any atom is -0.490 e. The van der Waals surface area contributed by atoms with Gasteiger partial charge in [0, 0.05) is 12.0 Å². The van der Waals surface area contributed by atoms with Crippen LogP contribution in [0.2, 0.25) is 0 Å². The fourth-order valence-corrected chi connectivity index (χ4v) is 4.11. The summed E-state index contributed by atoms with van der Waals surface area (Å²) in [6.07, 6.45) is 4.07. The van der Waals surface area contributed by atoms with E-state index in [0.29, 0.717) is 35.9 Å². The summed E-state index contributed by atoms with van der Waals surface area (Å²) in [6, 6.07) is 15.1. The average Bonchev–Trinajstić information content (AvgIpc) is 3.09. The number of fused-ring (bicyclic) bond motifs is 2. The highest BCUT2D eigenvalue weighted by Gasteiger charge is 2.16. The fraction of sp³-hybridized carbons (Fsp3) is 0.182. The first kappa shape index (κ1) is 18.6. The van der Waals surface area contributed by atoms with Gasteiger partial charge in [-0.25, -0.2) is 14.6 Å². The molecule has 0 saturated heterocycles. The maximum absolute atomic E-state index is 12.8. The Labute approximate surface area is 177 Å². The van der Waals surface area contributed by atoms with Crippen LogP contribution in [-0.2, 0) is 0 Å². The van der Waals surface area contributed by atoms with E-state index in [-0.39, 0.29) is 11.5 Å². The van der Waals surface area contributed by atoms with Crippen molar-refractivity contribution in [2.75, 3.05) is 19.0 Å². The molecule has 8 heteroatoms. The molecule has 1 aliphatic heterocycles. The minimum absolute atomic E-state index is 0.00198. The van der Waals surface area contributed by atoms with Crippen LogP contribution in [0.5, 0.6) is 11.5 Å². The van der Waals surface area contributed by atoms with E-state index in [1.165, 1.54) is 18.1 Å². The van der Waals surface area contributed by atoms with Crippen LogP contribution in [0.4, 0.5) is 0 Å². The first-order valence-electron chi connectivity index (χ1n) is 9.59. The van der Waals surface area contributed by atoms with Crippen molar-refractivity contribution >= 4 is 28.6 Å².